The van der Waals surface area contributed by atoms with Crippen LogP contribution in [0.5, 0.6) is 11.5 Å². The highest BCUT2D eigenvalue weighted by molar-refractivity contribution is 5.83. The van der Waals surface area contributed by atoms with E-state index >= 15 is 0 Å². The highest BCUT2D eigenvalue weighted by atomic mass is 19.1. The number of allylic oxidation sites excluding steroid dienone is 2. The lowest BCUT2D eigenvalue weighted by molar-refractivity contribution is 0.269. The molecule has 1 aliphatic carbocycles. The smallest absolute Gasteiger partial charge is 0.161 e. The number of fused-ring (bicyclic) bond motifs is 3. The second-order valence-corrected chi connectivity index (χ2v) is 9.97. The van der Waals surface area contributed by atoms with Crippen LogP contribution in [0.25, 0.3) is 0 Å². The molecule has 0 saturated carbocycles. The summed E-state index contributed by atoms with van der Waals surface area (Å²) in [5, 5.41) is 3.79. The predicted molar refractivity (Wildman–Crippen MR) is 155 cm³/mol. The number of benzene rings is 4. The molecule has 0 fully saturated rings. The first-order valence-corrected chi connectivity index (χ1v) is 13.5. The maximum atomic E-state index is 13.2. The number of hydrogen-bond acceptors (Lipinski definition) is 4. The summed E-state index contributed by atoms with van der Waals surface area (Å²) in [4.78, 5) is 4.71. The summed E-state index contributed by atoms with van der Waals surface area (Å²) in [7, 11) is 0. The number of hydrogen-bond donors (Lipinski definition) is 1. The normalized spacial score (nSPS) is 19.4. The Balaban J connectivity index is 1.15. The number of aliphatic imine (C=N–C) groups is 1. The summed E-state index contributed by atoms with van der Waals surface area (Å²) < 4.78 is 25.0. The predicted octanol–water partition coefficient (Wildman–Crippen LogP) is 8.38. The highest BCUT2D eigenvalue weighted by Gasteiger charge is 2.37. The summed E-state index contributed by atoms with van der Waals surface area (Å²) in [6.07, 6.45) is 7.61. The number of ether oxygens (including phenoxy) is 2. The van der Waals surface area contributed by atoms with E-state index in [9.17, 15) is 4.39 Å². The molecular weight excluding hydrogens is 487 g/mol. The van der Waals surface area contributed by atoms with Gasteiger partial charge in [-0.2, -0.15) is 0 Å². The van der Waals surface area contributed by atoms with Gasteiger partial charge in [0.25, 0.3) is 0 Å². The summed E-state index contributed by atoms with van der Waals surface area (Å²) in [6.45, 7) is 2.79. The zero-order valence-corrected chi connectivity index (χ0v) is 21.9. The van der Waals surface area contributed by atoms with Gasteiger partial charge in [0.2, 0.25) is 0 Å². The molecule has 1 heterocycles. The molecule has 4 aromatic rings. The molecule has 39 heavy (non-hydrogen) atoms. The number of anilines is 1. The van der Waals surface area contributed by atoms with E-state index in [2.05, 4.69) is 66.0 Å². The first kappa shape index (κ1) is 24.9. The second-order valence-electron chi connectivity index (χ2n) is 9.97. The van der Waals surface area contributed by atoms with Crippen molar-refractivity contribution < 1.29 is 13.9 Å². The lowest BCUT2D eigenvalue weighted by Crippen LogP contribution is -2.28. The molecule has 2 aliphatic rings. The van der Waals surface area contributed by atoms with Gasteiger partial charge < -0.3 is 14.8 Å². The van der Waals surface area contributed by atoms with E-state index in [1.807, 2.05) is 31.3 Å². The van der Waals surface area contributed by atoms with E-state index in [4.69, 9.17) is 14.5 Å². The van der Waals surface area contributed by atoms with Crippen molar-refractivity contribution in [2.75, 3.05) is 11.9 Å². The minimum atomic E-state index is -0.261. The van der Waals surface area contributed by atoms with Crippen LogP contribution in [0.15, 0.2) is 108 Å². The quantitative estimate of drug-likeness (QED) is 0.188. The monoisotopic (exact) mass is 518 g/mol. The molecule has 0 unspecified atom stereocenters. The van der Waals surface area contributed by atoms with Crippen LogP contribution in [0.2, 0.25) is 0 Å². The first-order chi connectivity index (χ1) is 19.2. The van der Waals surface area contributed by atoms with Crippen molar-refractivity contribution >= 4 is 17.6 Å². The van der Waals surface area contributed by atoms with Crippen LogP contribution < -0.4 is 14.8 Å². The molecule has 0 radical (unpaired) electrons. The molecule has 0 saturated heterocycles. The number of nitrogens with one attached hydrogen (secondary N) is 1. The van der Waals surface area contributed by atoms with Gasteiger partial charge >= 0.3 is 0 Å². The Morgan fingerprint density at radius 1 is 0.923 bits per heavy atom. The molecule has 3 atom stereocenters. The molecule has 5 heteroatoms. The zero-order valence-electron chi connectivity index (χ0n) is 21.9. The number of rotatable bonds is 8. The molecule has 0 amide bonds. The molecule has 4 nitrogen and oxygen atoms in total. The van der Waals surface area contributed by atoms with E-state index in [0.29, 0.717) is 36.5 Å². The van der Waals surface area contributed by atoms with Crippen molar-refractivity contribution in [2.45, 2.75) is 31.9 Å². The van der Waals surface area contributed by atoms with Gasteiger partial charge in [-0.05, 0) is 90.0 Å². The average Bonchev–Trinajstić information content (AvgIpc) is 3.47. The SMILES string of the molecule is CCOc1cc(C=Nc2ccc([C@@H]3Nc4ccccc4[C@H]4C=CC[C@H]43)cc2)ccc1OCc1ccc(F)cc1. The van der Waals surface area contributed by atoms with Gasteiger partial charge in [-0.25, -0.2) is 4.39 Å². The Kier molecular flexibility index (Phi) is 7.13. The summed E-state index contributed by atoms with van der Waals surface area (Å²) in [5.41, 5.74) is 6.61. The van der Waals surface area contributed by atoms with Gasteiger partial charge in [0.05, 0.1) is 18.3 Å². The number of para-hydroxylation sites is 1. The Morgan fingerprint density at radius 2 is 1.74 bits per heavy atom. The molecule has 1 aliphatic heterocycles. The lowest BCUT2D eigenvalue weighted by atomic mass is 9.77. The summed E-state index contributed by atoms with van der Waals surface area (Å²) >= 11 is 0. The standard InChI is InChI=1S/C34H31FN2O2/c1-2-38-33-20-24(12-19-32(33)39-22-23-10-15-26(35)16-11-23)21-36-27-17-13-25(14-18-27)34-30-8-5-7-28(30)29-6-3-4-9-31(29)37-34/h3-7,9-21,28,30,34,37H,2,8,22H2,1H3/t28-,30-,34+/m1/s1. The number of nitrogens with zero attached hydrogens (tertiary/aromatic N) is 1. The average molecular weight is 519 g/mol. The van der Waals surface area contributed by atoms with Crippen LogP contribution in [0.4, 0.5) is 15.8 Å². The van der Waals surface area contributed by atoms with Gasteiger partial charge in [0.1, 0.15) is 12.4 Å². The molecule has 0 bridgehead atoms. The first-order valence-electron chi connectivity index (χ1n) is 13.5. The molecule has 4 aromatic carbocycles. The van der Waals surface area contributed by atoms with E-state index in [-0.39, 0.29) is 11.9 Å². The van der Waals surface area contributed by atoms with Crippen LogP contribution in [0, 0.1) is 11.7 Å². The Hall–Kier alpha value is -4.38. The van der Waals surface area contributed by atoms with Crippen LogP contribution in [-0.2, 0) is 6.61 Å². The molecule has 6 rings (SSSR count). The van der Waals surface area contributed by atoms with Crippen molar-refractivity contribution in [2.24, 2.45) is 10.9 Å². The lowest BCUT2D eigenvalue weighted by Gasteiger charge is -2.37. The number of halogens is 1. The van der Waals surface area contributed by atoms with E-state index in [1.165, 1.54) is 28.9 Å². The Bertz CT molecular complexity index is 1490. The van der Waals surface area contributed by atoms with Crippen molar-refractivity contribution in [3.63, 3.8) is 0 Å². The van der Waals surface area contributed by atoms with Crippen LogP contribution in [0.1, 0.15) is 47.6 Å². The maximum absolute atomic E-state index is 13.2. The van der Waals surface area contributed by atoms with Gasteiger partial charge in [0.15, 0.2) is 11.5 Å². The van der Waals surface area contributed by atoms with Crippen LogP contribution in [-0.4, -0.2) is 12.8 Å². The van der Waals surface area contributed by atoms with Crippen molar-refractivity contribution in [3.05, 3.63) is 131 Å². The van der Waals surface area contributed by atoms with Crippen molar-refractivity contribution in [1.29, 1.82) is 0 Å². The summed E-state index contributed by atoms with van der Waals surface area (Å²) in [6, 6.07) is 29.5. The fourth-order valence-corrected chi connectivity index (χ4v) is 5.52. The topological polar surface area (TPSA) is 42.8 Å². The third-order valence-electron chi connectivity index (χ3n) is 7.46. The summed E-state index contributed by atoms with van der Waals surface area (Å²) in [5.74, 6) is 2.02. The molecule has 1 N–H and O–H groups in total. The van der Waals surface area contributed by atoms with Gasteiger partial charge in [-0.3, -0.25) is 4.99 Å². The van der Waals surface area contributed by atoms with Crippen LogP contribution >= 0.6 is 0 Å². The molecule has 196 valence electrons. The van der Waals surface area contributed by atoms with Gasteiger partial charge in [0, 0.05) is 17.8 Å². The van der Waals surface area contributed by atoms with Crippen molar-refractivity contribution in [1.82, 2.24) is 0 Å². The Morgan fingerprint density at radius 3 is 2.56 bits per heavy atom. The van der Waals surface area contributed by atoms with Gasteiger partial charge in [-0.1, -0.05) is 54.6 Å². The second kappa shape index (κ2) is 11.2. The van der Waals surface area contributed by atoms with E-state index < -0.39 is 0 Å². The fourth-order valence-electron chi connectivity index (χ4n) is 5.52. The minimum absolute atomic E-state index is 0.261. The fraction of sp³-hybridized carbons (Fsp3) is 0.206. The molecule has 0 aromatic heterocycles. The third kappa shape index (κ3) is 5.44. The van der Waals surface area contributed by atoms with E-state index in [0.717, 1.165) is 23.2 Å². The highest BCUT2D eigenvalue weighted by Crippen LogP contribution is 2.49. The Labute approximate surface area is 228 Å². The van der Waals surface area contributed by atoms with Gasteiger partial charge in [-0.15, -0.1) is 0 Å². The molecule has 0 spiro atoms. The van der Waals surface area contributed by atoms with Crippen LogP contribution in [0.3, 0.4) is 0 Å². The maximum Gasteiger partial charge on any atom is 0.161 e. The largest absolute Gasteiger partial charge is 0.490 e. The van der Waals surface area contributed by atoms with Crippen molar-refractivity contribution in [3.8, 4) is 11.5 Å². The molecular formula is C34H31FN2O2. The zero-order chi connectivity index (χ0) is 26.6. The third-order valence-corrected chi connectivity index (χ3v) is 7.46. The van der Waals surface area contributed by atoms with E-state index in [1.54, 1.807) is 12.1 Å². The minimum Gasteiger partial charge on any atom is -0.490 e.